The van der Waals surface area contributed by atoms with E-state index in [0.717, 1.165) is 5.56 Å². The lowest BCUT2D eigenvalue weighted by molar-refractivity contribution is -0.127. The molecule has 0 saturated heterocycles. The third kappa shape index (κ3) is 6.10. The maximum Gasteiger partial charge on any atom is 0.261 e. The van der Waals surface area contributed by atoms with Crippen LogP contribution in [-0.4, -0.2) is 47.0 Å². The highest BCUT2D eigenvalue weighted by Gasteiger charge is 2.33. The summed E-state index contributed by atoms with van der Waals surface area (Å²) < 4.78 is 22.9. The molecule has 9 nitrogen and oxygen atoms in total. The summed E-state index contributed by atoms with van der Waals surface area (Å²) in [6.45, 7) is 5.39. The number of halogens is 1. The van der Waals surface area contributed by atoms with Crippen molar-refractivity contribution in [3.8, 4) is 28.9 Å². The number of carbonyl (C=O) groups is 2. The number of aromatic nitrogens is 2. The van der Waals surface area contributed by atoms with E-state index in [1.807, 2.05) is 13.8 Å². The molecule has 0 saturated carbocycles. The molecule has 1 N–H and O–H groups in total. The van der Waals surface area contributed by atoms with Crippen LogP contribution in [0.2, 0.25) is 5.02 Å². The molecular formula is C30H28ClN3O6. The van der Waals surface area contributed by atoms with Crippen LogP contribution in [-0.2, 0) is 11.2 Å². The SMILES string of the molecule is COc1cc(C(=O)CNC(=O)[C@@H](C)Oc2ccc(Oc3cnc4cc(Cl)ccc4n3)cc2)cc2c1OC(C)(C)C2. The zero-order chi connectivity index (χ0) is 28.4. The molecule has 10 heteroatoms. The van der Waals surface area contributed by atoms with Crippen molar-refractivity contribution in [1.82, 2.24) is 15.3 Å². The van der Waals surface area contributed by atoms with Crippen molar-refractivity contribution in [2.24, 2.45) is 0 Å². The van der Waals surface area contributed by atoms with Crippen molar-refractivity contribution in [3.05, 3.63) is 76.9 Å². The Morgan fingerprint density at radius 2 is 1.82 bits per heavy atom. The number of Topliss-reactive ketones (excluding diaryl/α,β-unsaturated/α-hetero) is 1. The van der Waals surface area contributed by atoms with E-state index in [9.17, 15) is 9.59 Å². The summed E-state index contributed by atoms with van der Waals surface area (Å²) >= 11 is 5.99. The number of ketones is 1. The van der Waals surface area contributed by atoms with Gasteiger partial charge in [0, 0.05) is 22.6 Å². The van der Waals surface area contributed by atoms with E-state index >= 15 is 0 Å². The van der Waals surface area contributed by atoms with Crippen molar-refractivity contribution in [2.45, 2.75) is 38.9 Å². The third-order valence-corrected chi connectivity index (χ3v) is 6.54. The number of carbonyl (C=O) groups excluding carboxylic acids is 2. The quantitative estimate of drug-likeness (QED) is 0.264. The monoisotopic (exact) mass is 561 g/mol. The molecule has 1 amide bonds. The van der Waals surface area contributed by atoms with Crippen LogP contribution in [0.4, 0.5) is 0 Å². The molecule has 0 spiro atoms. The summed E-state index contributed by atoms with van der Waals surface area (Å²) in [5.74, 6) is 1.81. The standard InChI is InChI=1S/C30H28ClN3O6/c1-17(29(36)33-15-25(35)18-11-19-14-30(2,3)40-28(19)26(12-18)37-4)38-21-6-8-22(9-7-21)39-27-16-32-24-13-20(31)5-10-23(24)34-27/h5-13,16-17H,14-15H2,1-4H3,(H,33,36)/t17-/m1/s1. The second kappa shape index (κ2) is 11.0. The Morgan fingerprint density at radius 3 is 2.58 bits per heavy atom. The predicted octanol–water partition coefficient (Wildman–Crippen LogP) is 5.56. The smallest absolute Gasteiger partial charge is 0.261 e. The summed E-state index contributed by atoms with van der Waals surface area (Å²) in [7, 11) is 1.53. The number of nitrogens with one attached hydrogen (secondary N) is 1. The highest BCUT2D eigenvalue weighted by Crippen LogP contribution is 2.42. The molecule has 1 aliphatic heterocycles. The first kappa shape index (κ1) is 27.2. The highest BCUT2D eigenvalue weighted by molar-refractivity contribution is 6.31. The average Bonchev–Trinajstić information content (AvgIpc) is 3.25. The number of nitrogens with zero attached hydrogens (tertiary/aromatic N) is 2. The first-order chi connectivity index (χ1) is 19.1. The number of benzene rings is 3. The predicted molar refractivity (Wildman–Crippen MR) is 150 cm³/mol. The Kier molecular flexibility index (Phi) is 7.49. The minimum Gasteiger partial charge on any atom is -0.493 e. The Morgan fingerprint density at radius 1 is 1.07 bits per heavy atom. The second-order valence-corrected chi connectivity index (χ2v) is 10.5. The van der Waals surface area contributed by atoms with E-state index in [1.54, 1.807) is 61.5 Å². The van der Waals surface area contributed by atoms with E-state index in [0.29, 0.717) is 56.9 Å². The van der Waals surface area contributed by atoms with Crippen LogP contribution in [0.1, 0.15) is 36.7 Å². The minimum absolute atomic E-state index is 0.176. The molecule has 40 heavy (non-hydrogen) atoms. The molecule has 3 aromatic carbocycles. The van der Waals surface area contributed by atoms with E-state index in [-0.39, 0.29) is 17.9 Å². The minimum atomic E-state index is -0.832. The molecule has 0 fully saturated rings. The molecule has 5 rings (SSSR count). The zero-order valence-corrected chi connectivity index (χ0v) is 23.2. The number of fused-ring (bicyclic) bond motifs is 2. The zero-order valence-electron chi connectivity index (χ0n) is 22.5. The van der Waals surface area contributed by atoms with Crippen molar-refractivity contribution in [3.63, 3.8) is 0 Å². The lowest BCUT2D eigenvalue weighted by Gasteiger charge is -2.17. The lowest BCUT2D eigenvalue weighted by atomic mass is 9.98. The molecule has 0 aliphatic carbocycles. The van der Waals surface area contributed by atoms with Gasteiger partial charge in [-0.05, 0) is 75.4 Å². The molecule has 2 heterocycles. The fraction of sp³-hybridized carbons (Fsp3) is 0.267. The summed E-state index contributed by atoms with van der Waals surface area (Å²) in [5, 5.41) is 3.23. The van der Waals surface area contributed by atoms with Crippen LogP contribution in [0.3, 0.4) is 0 Å². The molecule has 1 aliphatic rings. The Hall–Kier alpha value is -4.37. The van der Waals surface area contributed by atoms with Crippen LogP contribution in [0.15, 0.2) is 60.8 Å². The van der Waals surface area contributed by atoms with Crippen LogP contribution >= 0.6 is 11.6 Å². The normalized spacial score (nSPS) is 14.1. The van der Waals surface area contributed by atoms with Gasteiger partial charge in [0.1, 0.15) is 17.1 Å². The highest BCUT2D eigenvalue weighted by atomic mass is 35.5. The molecule has 1 atom stereocenters. The van der Waals surface area contributed by atoms with Crippen LogP contribution in [0.25, 0.3) is 11.0 Å². The van der Waals surface area contributed by atoms with E-state index in [1.165, 1.54) is 13.3 Å². The van der Waals surface area contributed by atoms with E-state index in [2.05, 4.69) is 15.3 Å². The van der Waals surface area contributed by atoms with Gasteiger partial charge in [-0.15, -0.1) is 0 Å². The Balaban J connectivity index is 1.15. The maximum absolute atomic E-state index is 12.9. The second-order valence-electron chi connectivity index (χ2n) is 10.0. The van der Waals surface area contributed by atoms with Crippen molar-refractivity contribution < 1.29 is 28.5 Å². The van der Waals surface area contributed by atoms with Gasteiger partial charge in [-0.1, -0.05) is 11.6 Å². The van der Waals surface area contributed by atoms with Crippen molar-refractivity contribution >= 4 is 34.3 Å². The first-order valence-electron chi connectivity index (χ1n) is 12.7. The lowest BCUT2D eigenvalue weighted by Crippen LogP contribution is -2.39. The number of ether oxygens (including phenoxy) is 4. The van der Waals surface area contributed by atoms with Gasteiger partial charge in [-0.3, -0.25) is 9.59 Å². The molecular weight excluding hydrogens is 534 g/mol. The van der Waals surface area contributed by atoms with Crippen molar-refractivity contribution in [2.75, 3.05) is 13.7 Å². The maximum atomic E-state index is 12.9. The summed E-state index contributed by atoms with van der Waals surface area (Å²) in [6, 6.07) is 15.4. The van der Waals surface area contributed by atoms with E-state index in [4.69, 9.17) is 30.5 Å². The number of rotatable bonds is 9. The molecule has 206 valence electrons. The summed E-state index contributed by atoms with van der Waals surface area (Å²) in [5.41, 5.74) is 2.31. The molecule has 0 unspecified atom stereocenters. The Labute approximate surface area is 236 Å². The van der Waals surface area contributed by atoms with E-state index < -0.39 is 12.0 Å². The molecule has 1 aromatic heterocycles. The number of methoxy groups -OCH3 is 1. The summed E-state index contributed by atoms with van der Waals surface area (Å²) in [6.07, 6.45) is 1.34. The molecule has 4 aromatic rings. The average molecular weight is 562 g/mol. The topological polar surface area (TPSA) is 109 Å². The van der Waals surface area contributed by atoms with Crippen LogP contribution in [0, 0.1) is 0 Å². The van der Waals surface area contributed by atoms with Gasteiger partial charge in [0.25, 0.3) is 5.91 Å². The van der Waals surface area contributed by atoms with Gasteiger partial charge in [-0.2, -0.15) is 0 Å². The Bertz CT molecular complexity index is 1590. The fourth-order valence-electron chi connectivity index (χ4n) is 4.38. The fourth-order valence-corrected chi connectivity index (χ4v) is 4.55. The van der Waals surface area contributed by atoms with Gasteiger partial charge in [0.2, 0.25) is 5.88 Å². The first-order valence-corrected chi connectivity index (χ1v) is 13.1. The molecule has 0 bridgehead atoms. The summed E-state index contributed by atoms with van der Waals surface area (Å²) in [4.78, 5) is 34.2. The van der Waals surface area contributed by atoms with Gasteiger partial charge in [-0.25, -0.2) is 9.97 Å². The van der Waals surface area contributed by atoms with Crippen molar-refractivity contribution in [1.29, 1.82) is 0 Å². The number of hydrogen-bond acceptors (Lipinski definition) is 8. The van der Waals surface area contributed by atoms with Crippen LogP contribution < -0.4 is 24.3 Å². The van der Waals surface area contributed by atoms with Crippen LogP contribution in [0.5, 0.6) is 28.9 Å². The largest absolute Gasteiger partial charge is 0.493 e. The number of amides is 1. The van der Waals surface area contributed by atoms with Gasteiger partial charge in [0.05, 0.1) is 30.9 Å². The van der Waals surface area contributed by atoms with Gasteiger partial charge in [0.15, 0.2) is 23.4 Å². The molecule has 0 radical (unpaired) electrons. The van der Waals surface area contributed by atoms with Gasteiger partial charge < -0.3 is 24.3 Å². The number of hydrogen-bond donors (Lipinski definition) is 1. The third-order valence-electron chi connectivity index (χ3n) is 6.30. The van der Waals surface area contributed by atoms with Gasteiger partial charge >= 0.3 is 0 Å².